The number of hydrogen-bond donors (Lipinski definition) is 1. The molecule has 4 unspecified atom stereocenters. The van der Waals surface area contributed by atoms with Crippen LogP contribution in [0.25, 0.3) is 0 Å². The van der Waals surface area contributed by atoms with Gasteiger partial charge in [0, 0.05) is 18.1 Å². The van der Waals surface area contributed by atoms with Crippen molar-refractivity contribution in [3.63, 3.8) is 0 Å². The lowest BCUT2D eigenvalue weighted by Gasteiger charge is -2.43. The van der Waals surface area contributed by atoms with E-state index >= 15 is 0 Å². The Morgan fingerprint density at radius 1 is 1.10 bits per heavy atom. The molecule has 20 heavy (non-hydrogen) atoms. The summed E-state index contributed by atoms with van der Waals surface area (Å²) < 4.78 is 0. The van der Waals surface area contributed by atoms with Crippen molar-refractivity contribution >= 4 is 0 Å². The number of piperidine rings is 1. The van der Waals surface area contributed by atoms with Crippen LogP contribution >= 0.6 is 0 Å². The number of aryl methyl sites for hydroxylation is 1. The molecule has 2 heteroatoms. The minimum absolute atomic E-state index is 0.134. The summed E-state index contributed by atoms with van der Waals surface area (Å²) in [5.41, 5.74) is 9.15. The van der Waals surface area contributed by atoms with Gasteiger partial charge in [-0.3, -0.25) is 4.90 Å². The van der Waals surface area contributed by atoms with E-state index in [-0.39, 0.29) is 6.04 Å². The van der Waals surface area contributed by atoms with E-state index in [0.717, 1.165) is 12.0 Å². The van der Waals surface area contributed by atoms with Crippen molar-refractivity contribution < 1.29 is 0 Å². The van der Waals surface area contributed by atoms with Crippen LogP contribution in [0.2, 0.25) is 0 Å². The van der Waals surface area contributed by atoms with Gasteiger partial charge in [0.25, 0.3) is 0 Å². The first-order chi connectivity index (χ1) is 9.66. The number of nitrogens with two attached hydrogens (primary N) is 1. The fraction of sp³-hybridized carbons (Fsp3) is 0.667. The highest BCUT2D eigenvalue weighted by Crippen LogP contribution is 2.39. The molecule has 2 nitrogen and oxygen atoms in total. The van der Waals surface area contributed by atoms with Gasteiger partial charge in [0.1, 0.15) is 0 Å². The van der Waals surface area contributed by atoms with E-state index in [0.29, 0.717) is 6.04 Å². The fourth-order valence-corrected chi connectivity index (χ4v) is 4.27. The molecule has 0 aromatic heterocycles. The largest absolute Gasteiger partial charge is 0.323 e. The predicted molar refractivity (Wildman–Crippen MR) is 84.6 cm³/mol. The van der Waals surface area contributed by atoms with Crippen LogP contribution in [-0.2, 0) is 0 Å². The van der Waals surface area contributed by atoms with Crippen molar-refractivity contribution in [1.29, 1.82) is 0 Å². The van der Waals surface area contributed by atoms with Gasteiger partial charge in [-0.1, -0.05) is 36.2 Å². The second kappa shape index (κ2) is 5.87. The molecule has 0 radical (unpaired) electrons. The molecule has 2 N–H and O–H groups in total. The van der Waals surface area contributed by atoms with Gasteiger partial charge < -0.3 is 5.73 Å². The number of benzene rings is 1. The topological polar surface area (TPSA) is 29.3 Å². The summed E-state index contributed by atoms with van der Waals surface area (Å²) >= 11 is 0. The summed E-state index contributed by atoms with van der Waals surface area (Å²) in [5.74, 6) is 0.941. The van der Waals surface area contributed by atoms with Crippen LogP contribution in [0.3, 0.4) is 0 Å². The Hall–Kier alpha value is -0.860. The first-order valence-electron chi connectivity index (χ1n) is 8.24. The highest BCUT2D eigenvalue weighted by Gasteiger charge is 2.38. The van der Waals surface area contributed by atoms with Gasteiger partial charge in [-0.2, -0.15) is 0 Å². The summed E-state index contributed by atoms with van der Waals surface area (Å²) in [5, 5.41) is 0. The standard InChI is InChI=1S/C18H28N2/c1-13-8-10-16(11-9-13)18(19)14(2)20-12-4-6-15-5-3-7-17(15)20/h8-11,14-15,17-18H,3-7,12,19H2,1-2H3. The van der Waals surface area contributed by atoms with Gasteiger partial charge in [-0.25, -0.2) is 0 Å². The minimum atomic E-state index is 0.134. The third kappa shape index (κ3) is 2.64. The summed E-state index contributed by atoms with van der Waals surface area (Å²) in [6.07, 6.45) is 7.03. The third-order valence-electron chi connectivity index (χ3n) is 5.54. The van der Waals surface area contributed by atoms with E-state index < -0.39 is 0 Å². The monoisotopic (exact) mass is 272 g/mol. The smallest absolute Gasteiger partial charge is 0.0450 e. The highest BCUT2D eigenvalue weighted by atomic mass is 15.2. The molecule has 1 aromatic rings. The molecular weight excluding hydrogens is 244 g/mol. The van der Waals surface area contributed by atoms with E-state index in [1.165, 1.54) is 49.8 Å². The normalized spacial score (nSPS) is 29.9. The molecular formula is C18H28N2. The lowest BCUT2D eigenvalue weighted by molar-refractivity contribution is 0.0631. The van der Waals surface area contributed by atoms with Crippen LogP contribution in [-0.4, -0.2) is 23.5 Å². The van der Waals surface area contributed by atoms with Crippen molar-refractivity contribution in [2.45, 2.75) is 64.1 Å². The Morgan fingerprint density at radius 3 is 2.55 bits per heavy atom. The average molecular weight is 272 g/mol. The van der Waals surface area contributed by atoms with E-state index in [1.54, 1.807) is 0 Å². The Morgan fingerprint density at radius 2 is 1.80 bits per heavy atom. The fourth-order valence-electron chi connectivity index (χ4n) is 4.27. The zero-order chi connectivity index (χ0) is 14.1. The summed E-state index contributed by atoms with van der Waals surface area (Å²) in [4.78, 5) is 2.71. The lowest BCUT2D eigenvalue weighted by atomic mass is 9.88. The maximum Gasteiger partial charge on any atom is 0.0450 e. The van der Waals surface area contributed by atoms with Crippen molar-refractivity contribution in [3.05, 3.63) is 35.4 Å². The maximum absolute atomic E-state index is 6.56. The molecule has 1 saturated carbocycles. The molecule has 4 atom stereocenters. The van der Waals surface area contributed by atoms with Crippen LogP contribution in [0.5, 0.6) is 0 Å². The number of hydrogen-bond acceptors (Lipinski definition) is 2. The Bertz CT molecular complexity index is 439. The zero-order valence-electron chi connectivity index (χ0n) is 12.9. The van der Waals surface area contributed by atoms with Crippen molar-refractivity contribution in [2.75, 3.05) is 6.54 Å². The van der Waals surface area contributed by atoms with Gasteiger partial charge in [0.15, 0.2) is 0 Å². The zero-order valence-corrected chi connectivity index (χ0v) is 12.9. The van der Waals surface area contributed by atoms with Crippen molar-refractivity contribution in [2.24, 2.45) is 11.7 Å². The first-order valence-corrected chi connectivity index (χ1v) is 8.24. The van der Waals surface area contributed by atoms with Crippen LogP contribution in [0.1, 0.15) is 56.2 Å². The van der Waals surface area contributed by atoms with E-state index in [4.69, 9.17) is 5.73 Å². The molecule has 2 fully saturated rings. The molecule has 1 heterocycles. The quantitative estimate of drug-likeness (QED) is 0.910. The summed E-state index contributed by atoms with van der Waals surface area (Å²) in [6, 6.07) is 10.1. The molecule has 2 aliphatic rings. The van der Waals surface area contributed by atoms with Gasteiger partial charge >= 0.3 is 0 Å². The number of rotatable bonds is 3. The number of nitrogens with zero attached hydrogens (tertiary/aromatic N) is 1. The molecule has 1 aliphatic carbocycles. The maximum atomic E-state index is 6.56. The Labute approximate surface area is 123 Å². The Kier molecular flexibility index (Phi) is 4.13. The molecule has 110 valence electrons. The number of likely N-dealkylation sites (tertiary alicyclic amines) is 1. The molecule has 3 rings (SSSR count). The average Bonchev–Trinajstić information content (AvgIpc) is 2.95. The van der Waals surface area contributed by atoms with E-state index in [9.17, 15) is 0 Å². The molecule has 0 amide bonds. The first kappa shape index (κ1) is 14.1. The van der Waals surface area contributed by atoms with Crippen LogP contribution < -0.4 is 5.73 Å². The van der Waals surface area contributed by atoms with Crippen LogP contribution in [0.4, 0.5) is 0 Å². The Balaban J connectivity index is 1.73. The lowest BCUT2D eigenvalue weighted by Crippen LogP contribution is -2.50. The van der Waals surface area contributed by atoms with Gasteiger partial charge in [0.2, 0.25) is 0 Å². The van der Waals surface area contributed by atoms with Crippen LogP contribution in [0.15, 0.2) is 24.3 Å². The molecule has 1 aromatic carbocycles. The summed E-state index contributed by atoms with van der Waals surface area (Å²) in [6.45, 7) is 5.69. The SMILES string of the molecule is Cc1ccc(C(N)C(C)N2CCCC3CCCC32)cc1. The summed E-state index contributed by atoms with van der Waals surface area (Å²) in [7, 11) is 0. The van der Waals surface area contributed by atoms with E-state index in [1.807, 2.05) is 0 Å². The highest BCUT2D eigenvalue weighted by molar-refractivity contribution is 5.25. The van der Waals surface area contributed by atoms with Gasteiger partial charge in [-0.15, -0.1) is 0 Å². The predicted octanol–water partition coefficient (Wildman–Crippen LogP) is 3.65. The minimum Gasteiger partial charge on any atom is -0.323 e. The van der Waals surface area contributed by atoms with Crippen molar-refractivity contribution in [1.82, 2.24) is 4.90 Å². The third-order valence-corrected chi connectivity index (χ3v) is 5.54. The number of fused-ring (bicyclic) bond motifs is 1. The molecule has 0 spiro atoms. The van der Waals surface area contributed by atoms with Gasteiger partial charge in [0.05, 0.1) is 0 Å². The van der Waals surface area contributed by atoms with Crippen LogP contribution in [0, 0.1) is 12.8 Å². The second-order valence-electron chi connectivity index (χ2n) is 6.82. The van der Waals surface area contributed by atoms with Crippen molar-refractivity contribution in [3.8, 4) is 0 Å². The molecule has 0 bridgehead atoms. The molecule has 1 aliphatic heterocycles. The second-order valence-corrected chi connectivity index (χ2v) is 6.82. The molecule has 1 saturated heterocycles. The van der Waals surface area contributed by atoms with E-state index in [2.05, 4.69) is 43.0 Å². The van der Waals surface area contributed by atoms with Gasteiger partial charge in [-0.05, 0) is 57.6 Å².